The van der Waals surface area contributed by atoms with Crippen LogP contribution in [0.4, 0.5) is 0 Å². The molecule has 1 saturated heterocycles. The van der Waals surface area contributed by atoms with Crippen molar-refractivity contribution in [2.24, 2.45) is 0 Å². The SMILES string of the molecule is Cc1ccc(C(=O)NCCCc2ccc(Cl)cc2)cc1S(=O)(=O)N1CCCCC1. The average molecular weight is 435 g/mol. The van der Waals surface area contributed by atoms with Crippen LogP contribution >= 0.6 is 11.6 Å². The summed E-state index contributed by atoms with van der Waals surface area (Å²) in [6.07, 6.45) is 4.44. The molecule has 0 aromatic heterocycles. The number of nitrogens with zero attached hydrogens (tertiary/aromatic N) is 1. The number of aryl methyl sites for hydroxylation is 2. The molecule has 0 atom stereocenters. The highest BCUT2D eigenvalue weighted by Crippen LogP contribution is 2.24. The molecular formula is C22H27ClN2O3S. The van der Waals surface area contributed by atoms with E-state index >= 15 is 0 Å². The molecule has 1 heterocycles. The van der Waals surface area contributed by atoms with Gasteiger partial charge in [-0.15, -0.1) is 0 Å². The molecule has 1 fully saturated rings. The Morgan fingerprint density at radius 3 is 2.45 bits per heavy atom. The minimum Gasteiger partial charge on any atom is -0.352 e. The first-order valence-electron chi connectivity index (χ1n) is 10.0. The van der Waals surface area contributed by atoms with E-state index in [0.717, 1.165) is 37.7 Å². The number of carbonyl (C=O) groups is 1. The summed E-state index contributed by atoms with van der Waals surface area (Å²) in [5.74, 6) is -0.254. The maximum Gasteiger partial charge on any atom is 0.251 e. The largest absolute Gasteiger partial charge is 0.352 e. The summed E-state index contributed by atoms with van der Waals surface area (Å²) in [6, 6.07) is 12.5. The van der Waals surface area contributed by atoms with E-state index in [0.29, 0.717) is 35.8 Å². The Labute approximate surface area is 178 Å². The van der Waals surface area contributed by atoms with Crippen LogP contribution in [-0.2, 0) is 16.4 Å². The van der Waals surface area contributed by atoms with Gasteiger partial charge in [0.25, 0.3) is 5.91 Å². The van der Waals surface area contributed by atoms with Crippen molar-refractivity contribution < 1.29 is 13.2 Å². The number of halogens is 1. The fraction of sp³-hybridized carbons (Fsp3) is 0.409. The van der Waals surface area contributed by atoms with E-state index in [4.69, 9.17) is 11.6 Å². The van der Waals surface area contributed by atoms with Gasteiger partial charge in [0.05, 0.1) is 4.90 Å². The first-order valence-corrected chi connectivity index (χ1v) is 11.8. The molecule has 0 bridgehead atoms. The maximum absolute atomic E-state index is 13.0. The Bertz CT molecular complexity index is 953. The predicted molar refractivity (Wildman–Crippen MR) is 116 cm³/mol. The molecule has 29 heavy (non-hydrogen) atoms. The molecule has 0 unspecified atom stereocenters. The second kappa shape index (κ2) is 9.74. The fourth-order valence-corrected chi connectivity index (χ4v) is 5.41. The number of sulfonamides is 1. The van der Waals surface area contributed by atoms with Crippen molar-refractivity contribution in [2.45, 2.75) is 43.9 Å². The summed E-state index contributed by atoms with van der Waals surface area (Å²) in [5, 5.41) is 3.59. The zero-order chi connectivity index (χ0) is 20.9. The Morgan fingerprint density at radius 1 is 1.07 bits per heavy atom. The van der Waals surface area contributed by atoms with Gasteiger partial charge < -0.3 is 5.32 Å². The molecule has 2 aromatic carbocycles. The number of benzene rings is 2. The van der Waals surface area contributed by atoms with E-state index in [1.165, 1.54) is 10.4 Å². The molecule has 0 spiro atoms. The zero-order valence-electron chi connectivity index (χ0n) is 16.7. The number of amides is 1. The van der Waals surface area contributed by atoms with Crippen LogP contribution in [0, 0.1) is 6.92 Å². The highest BCUT2D eigenvalue weighted by atomic mass is 35.5. The van der Waals surface area contributed by atoms with Crippen LogP contribution in [0.1, 0.15) is 47.2 Å². The van der Waals surface area contributed by atoms with Crippen LogP contribution in [0.3, 0.4) is 0 Å². The zero-order valence-corrected chi connectivity index (χ0v) is 18.2. The molecule has 0 aliphatic carbocycles. The number of carbonyl (C=O) groups excluding carboxylic acids is 1. The third-order valence-corrected chi connectivity index (χ3v) is 7.52. The van der Waals surface area contributed by atoms with Crippen LogP contribution in [0.2, 0.25) is 5.02 Å². The van der Waals surface area contributed by atoms with Gasteiger partial charge >= 0.3 is 0 Å². The standard InChI is InChI=1S/C22H27ClN2O3S/c1-17-7-10-19(16-21(17)29(27,28)25-14-3-2-4-15-25)22(26)24-13-5-6-18-8-11-20(23)12-9-18/h7-12,16H,2-6,13-15H2,1H3,(H,24,26). The number of piperidine rings is 1. The second-order valence-electron chi connectivity index (χ2n) is 7.43. The summed E-state index contributed by atoms with van der Waals surface area (Å²) < 4.78 is 27.6. The molecular weight excluding hydrogens is 408 g/mol. The molecule has 1 amide bonds. The monoisotopic (exact) mass is 434 g/mol. The van der Waals surface area contributed by atoms with Gasteiger partial charge in [0, 0.05) is 30.2 Å². The van der Waals surface area contributed by atoms with Crippen LogP contribution < -0.4 is 5.32 Å². The lowest BCUT2D eigenvalue weighted by molar-refractivity contribution is 0.0953. The van der Waals surface area contributed by atoms with Gasteiger partial charge in [0.2, 0.25) is 10.0 Å². The van der Waals surface area contributed by atoms with Crippen LogP contribution in [-0.4, -0.2) is 38.3 Å². The Kier molecular flexibility index (Phi) is 7.33. The number of hydrogen-bond donors (Lipinski definition) is 1. The van der Waals surface area contributed by atoms with Crippen LogP contribution in [0.5, 0.6) is 0 Å². The van der Waals surface area contributed by atoms with Crippen molar-refractivity contribution in [2.75, 3.05) is 19.6 Å². The highest BCUT2D eigenvalue weighted by Gasteiger charge is 2.28. The summed E-state index contributed by atoms with van der Waals surface area (Å²) in [5.41, 5.74) is 2.20. The fourth-order valence-electron chi connectivity index (χ4n) is 3.51. The minimum atomic E-state index is -3.57. The summed E-state index contributed by atoms with van der Waals surface area (Å²) >= 11 is 5.88. The third-order valence-electron chi connectivity index (χ3n) is 5.22. The topological polar surface area (TPSA) is 66.5 Å². The van der Waals surface area contributed by atoms with Crippen LogP contribution in [0.25, 0.3) is 0 Å². The van der Waals surface area contributed by atoms with Gasteiger partial charge in [-0.2, -0.15) is 4.31 Å². The molecule has 156 valence electrons. The van der Waals surface area contributed by atoms with E-state index in [1.807, 2.05) is 24.3 Å². The Hall–Kier alpha value is -1.89. The average Bonchev–Trinajstić information content (AvgIpc) is 2.73. The smallest absolute Gasteiger partial charge is 0.251 e. The van der Waals surface area contributed by atoms with Gasteiger partial charge in [-0.3, -0.25) is 4.79 Å². The Balaban J connectivity index is 1.62. The number of rotatable bonds is 7. The minimum absolute atomic E-state index is 0.230. The molecule has 0 radical (unpaired) electrons. The molecule has 1 N–H and O–H groups in total. The van der Waals surface area contributed by atoms with E-state index in [-0.39, 0.29) is 10.8 Å². The number of nitrogens with one attached hydrogen (secondary N) is 1. The lowest BCUT2D eigenvalue weighted by Gasteiger charge is -2.26. The third kappa shape index (κ3) is 5.59. The summed E-state index contributed by atoms with van der Waals surface area (Å²) in [4.78, 5) is 12.8. The van der Waals surface area contributed by atoms with Crippen molar-refractivity contribution in [1.82, 2.24) is 9.62 Å². The lowest BCUT2D eigenvalue weighted by atomic mass is 10.1. The van der Waals surface area contributed by atoms with E-state index in [9.17, 15) is 13.2 Å². The van der Waals surface area contributed by atoms with Crippen molar-refractivity contribution in [1.29, 1.82) is 0 Å². The molecule has 7 heteroatoms. The molecule has 1 aliphatic heterocycles. The van der Waals surface area contributed by atoms with Gasteiger partial charge in [-0.05, 0) is 68.0 Å². The van der Waals surface area contributed by atoms with Crippen molar-refractivity contribution in [3.05, 3.63) is 64.2 Å². The molecule has 0 saturated carbocycles. The van der Waals surface area contributed by atoms with E-state index in [1.54, 1.807) is 19.1 Å². The molecule has 5 nitrogen and oxygen atoms in total. The van der Waals surface area contributed by atoms with E-state index < -0.39 is 10.0 Å². The van der Waals surface area contributed by atoms with E-state index in [2.05, 4.69) is 5.32 Å². The lowest BCUT2D eigenvalue weighted by Crippen LogP contribution is -2.36. The maximum atomic E-state index is 13.0. The second-order valence-corrected chi connectivity index (χ2v) is 9.77. The van der Waals surface area contributed by atoms with Gasteiger partial charge in [0.1, 0.15) is 0 Å². The molecule has 3 rings (SSSR count). The number of hydrogen-bond acceptors (Lipinski definition) is 3. The van der Waals surface area contributed by atoms with Crippen molar-refractivity contribution in [3.8, 4) is 0 Å². The van der Waals surface area contributed by atoms with Gasteiger partial charge in [-0.25, -0.2) is 8.42 Å². The van der Waals surface area contributed by atoms with Crippen molar-refractivity contribution in [3.63, 3.8) is 0 Å². The quantitative estimate of drug-likeness (QED) is 0.664. The highest BCUT2D eigenvalue weighted by molar-refractivity contribution is 7.89. The van der Waals surface area contributed by atoms with Gasteiger partial charge in [0.15, 0.2) is 0 Å². The first kappa shape index (κ1) is 21.8. The summed E-state index contributed by atoms with van der Waals surface area (Å²) in [6.45, 7) is 3.37. The normalized spacial score (nSPS) is 15.2. The molecule has 2 aromatic rings. The molecule has 1 aliphatic rings. The summed E-state index contributed by atoms with van der Waals surface area (Å²) in [7, 11) is -3.57. The van der Waals surface area contributed by atoms with Crippen LogP contribution in [0.15, 0.2) is 47.4 Å². The predicted octanol–water partition coefficient (Wildman–Crippen LogP) is 4.19. The first-order chi connectivity index (χ1) is 13.9. The van der Waals surface area contributed by atoms with Gasteiger partial charge in [-0.1, -0.05) is 36.2 Å². The Morgan fingerprint density at radius 2 is 1.76 bits per heavy atom. The van der Waals surface area contributed by atoms with Crippen molar-refractivity contribution >= 4 is 27.5 Å².